The fourth-order valence-corrected chi connectivity index (χ4v) is 3.35. The van der Waals surface area contributed by atoms with Crippen LogP contribution in [0.25, 0.3) is 22.2 Å². The second-order valence-corrected chi connectivity index (χ2v) is 6.11. The first-order chi connectivity index (χ1) is 11.5. The third-order valence-electron chi connectivity index (χ3n) is 4.63. The summed E-state index contributed by atoms with van der Waals surface area (Å²) in [6, 6.07) is 3.02. The van der Waals surface area contributed by atoms with E-state index in [1.165, 1.54) is 18.9 Å². The highest BCUT2D eigenvalue weighted by Gasteiger charge is 2.20. The molecule has 0 unspecified atom stereocenters. The number of hydrogen-bond acceptors (Lipinski definition) is 6. The summed E-state index contributed by atoms with van der Waals surface area (Å²) >= 11 is 0. The van der Waals surface area contributed by atoms with Crippen LogP contribution in [0.3, 0.4) is 0 Å². The summed E-state index contributed by atoms with van der Waals surface area (Å²) in [7, 11) is 0. The molecular formula is C17H15N3O4. The van der Waals surface area contributed by atoms with E-state index in [2.05, 4.69) is 9.97 Å². The molecule has 3 heterocycles. The predicted molar refractivity (Wildman–Crippen MR) is 88.2 cm³/mol. The van der Waals surface area contributed by atoms with Gasteiger partial charge < -0.3 is 15.3 Å². The van der Waals surface area contributed by atoms with E-state index >= 15 is 0 Å². The topological polar surface area (TPSA) is 119 Å². The van der Waals surface area contributed by atoms with Gasteiger partial charge in [0.2, 0.25) is 16.9 Å². The Morgan fingerprint density at radius 3 is 2.62 bits per heavy atom. The largest absolute Gasteiger partial charge is 0.478 e. The van der Waals surface area contributed by atoms with Crippen molar-refractivity contribution in [3.05, 3.63) is 39.7 Å². The number of nitrogen functional groups attached to an aromatic ring is 1. The van der Waals surface area contributed by atoms with Gasteiger partial charge in [0, 0.05) is 6.20 Å². The summed E-state index contributed by atoms with van der Waals surface area (Å²) in [5.74, 6) is -1.02. The molecule has 1 aliphatic rings. The van der Waals surface area contributed by atoms with Gasteiger partial charge in [0.1, 0.15) is 11.4 Å². The SMILES string of the molecule is Nc1nc2oc3ncc(C4CCCC4)cc3c(=O)c2cc1C(=O)O. The van der Waals surface area contributed by atoms with Gasteiger partial charge in [0.15, 0.2) is 0 Å². The number of anilines is 1. The zero-order chi connectivity index (χ0) is 16.8. The molecule has 0 aliphatic heterocycles. The fourth-order valence-electron chi connectivity index (χ4n) is 3.35. The zero-order valence-electron chi connectivity index (χ0n) is 12.8. The van der Waals surface area contributed by atoms with Gasteiger partial charge >= 0.3 is 5.97 Å². The second kappa shape index (κ2) is 5.30. The van der Waals surface area contributed by atoms with Gasteiger partial charge in [-0.25, -0.2) is 9.78 Å². The van der Waals surface area contributed by atoms with Gasteiger partial charge in [-0.1, -0.05) is 12.8 Å². The normalized spacial score (nSPS) is 15.3. The molecule has 4 rings (SSSR count). The molecule has 3 N–H and O–H groups in total. The first kappa shape index (κ1) is 14.6. The van der Waals surface area contributed by atoms with Crippen LogP contribution in [0.1, 0.15) is 47.5 Å². The molecule has 0 spiro atoms. The first-order valence-electron chi connectivity index (χ1n) is 7.81. The Kier molecular flexibility index (Phi) is 3.23. The highest BCUT2D eigenvalue weighted by Crippen LogP contribution is 2.34. The van der Waals surface area contributed by atoms with Crippen LogP contribution >= 0.6 is 0 Å². The number of carboxylic acid groups (broad SMARTS) is 1. The summed E-state index contributed by atoms with van der Waals surface area (Å²) in [4.78, 5) is 32.1. The molecule has 0 amide bonds. The summed E-state index contributed by atoms with van der Waals surface area (Å²) in [5, 5.41) is 9.59. The molecule has 7 nitrogen and oxygen atoms in total. The Morgan fingerprint density at radius 2 is 1.92 bits per heavy atom. The van der Waals surface area contributed by atoms with E-state index in [0.717, 1.165) is 18.4 Å². The van der Waals surface area contributed by atoms with E-state index in [1.807, 2.05) is 0 Å². The van der Waals surface area contributed by atoms with Crippen molar-refractivity contribution in [1.82, 2.24) is 9.97 Å². The van der Waals surface area contributed by atoms with Crippen LogP contribution < -0.4 is 11.2 Å². The van der Waals surface area contributed by atoms with Crippen molar-refractivity contribution in [2.75, 3.05) is 5.73 Å². The van der Waals surface area contributed by atoms with Crippen molar-refractivity contribution in [3.63, 3.8) is 0 Å². The van der Waals surface area contributed by atoms with E-state index in [0.29, 0.717) is 11.3 Å². The Bertz CT molecular complexity index is 1040. The number of carboxylic acids is 1. The average Bonchev–Trinajstić information content (AvgIpc) is 3.08. The molecule has 0 bridgehead atoms. The van der Waals surface area contributed by atoms with Crippen LogP contribution in [-0.4, -0.2) is 21.0 Å². The van der Waals surface area contributed by atoms with Gasteiger partial charge in [-0.2, -0.15) is 4.98 Å². The van der Waals surface area contributed by atoms with E-state index < -0.39 is 5.97 Å². The third-order valence-corrected chi connectivity index (χ3v) is 4.63. The van der Waals surface area contributed by atoms with Crippen LogP contribution in [0.5, 0.6) is 0 Å². The number of aromatic nitrogens is 2. The van der Waals surface area contributed by atoms with Crippen molar-refractivity contribution in [1.29, 1.82) is 0 Å². The van der Waals surface area contributed by atoms with Crippen molar-refractivity contribution < 1.29 is 14.3 Å². The maximum Gasteiger partial charge on any atom is 0.339 e. The summed E-state index contributed by atoms with van der Waals surface area (Å²) < 4.78 is 5.57. The molecule has 0 aromatic carbocycles. The molecule has 3 aromatic rings. The van der Waals surface area contributed by atoms with Gasteiger partial charge in [0.25, 0.3) is 0 Å². The van der Waals surface area contributed by atoms with Gasteiger partial charge in [-0.05, 0) is 36.5 Å². The number of pyridine rings is 2. The van der Waals surface area contributed by atoms with E-state index in [-0.39, 0.29) is 33.6 Å². The smallest absolute Gasteiger partial charge is 0.339 e. The van der Waals surface area contributed by atoms with Gasteiger partial charge in [-0.3, -0.25) is 4.79 Å². The van der Waals surface area contributed by atoms with E-state index in [9.17, 15) is 9.59 Å². The van der Waals surface area contributed by atoms with E-state index in [1.54, 1.807) is 12.3 Å². The lowest BCUT2D eigenvalue weighted by atomic mass is 9.98. The van der Waals surface area contributed by atoms with Crippen LogP contribution in [-0.2, 0) is 0 Å². The molecule has 1 fully saturated rings. The van der Waals surface area contributed by atoms with Crippen molar-refractivity contribution in [3.8, 4) is 0 Å². The maximum atomic E-state index is 12.8. The first-order valence-corrected chi connectivity index (χ1v) is 7.81. The summed E-state index contributed by atoms with van der Waals surface area (Å²) in [6.45, 7) is 0. The Morgan fingerprint density at radius 1 is 1.21 bits per heavy atom. The van der Waals surface area contributed by atoms with Crippen LogP contribution in [0.4, 0.5) is 5.82 Å². The lowest BCUT2D eigenvalue weighted by molar-refractivity contribution is 0.0698. The molecule has 1 saturated carbocycles. The fraction of sp³-hybridized carbons (Fsp3) is 0.294. The highest BCUT2D eigenvalue weighted by atomic mass is 16.4. The predicted octanol–water partition coefficient (Wildman–Crippen LogP) is 2.67. The minimum absolute atomic E-state index is 0.00360. The molecule has 7 heteroatoms. The number of nitrogens with two attached hydrogens (primary N) is 1. The monoisotopic (exact) mass is 325 g/mol. The highest BCUT2D eigenvalue weighted by molar-refractivity contribution is 5.98. The lowest BCUT2D eigenvalue weighted by Gasteiger charge is -2.09. The number of fused-ring (bicyclic) bond motifs is 2. The van der Waals surface area contributed by atoms with Crippen molar-refractivity contribution in [2.45, 2.75) is 31.6 Å². The number of rotatable bonds is 2. The second-order valence-electron chi connectivity index (χ2n) is 6.11. The Hall–Kier alpha value is -2.96. The molecule has 1 aliphatic carbocycles. The minimum atomic E-state index is -1.24. The summed E-state index contributed by atoms with van der Waals surface area (Å²) in [5.41, 5.74) is 6.26. The van der Waals surface area contributed by atoms with Crippen molar-refractivity contribution in [2.24, 2.45) is 0 Å². The van der Waals surface area contributed by atoms with Gasteiger partial charge in [-0.15, -0.1) is 0 Å². The number of nitrogens with zero attached hydrogens (tertiary/aromatic N) is 2. The van der Waals surface area contributed by atoms with E-state index in [4.69, 9.17) is 15.3 Å². The maximum absolute atomic E-state index is 12.8. The molecule has 0 radical (unpaired) electrons. The Labute approximate surface area is 136 Å². The van der Waals surface area contributed by atoms with Crippen LogP contribution in [0, 0.1) is 0 Å². The quantitative estimate of drug-likeness (QED) is 0.695. The Balaban J connectivity index is 1.99. The average molecular weight is 325 g/mol. The molecular weight excluding hydrogens is 310 g/mol. The number of aromatic carboxylic acids is 1. The number of hydrogen-bond donors (Lipinski definition) is 2. The zero-order valence-corrected chi connectivity index (χ0v) is 12.8. The van der Waals surface area contributed by atoms with Crippen molar-refractivity contribution >= 4 is 34.0 Å². The van der Waals surface area contributed by atoms with Crippen LogP contribution in [0.2, 0.25) is 0 Å². The molecule has 0 atom stereocenters. The third kappa shape index (κ3) is 2.20. The lowest BCUT2D eigenvalue weighted by Crippen LogP contribution is -2.10. The molecule has 122 valence electrons. The molecule has 0 saturated heterocycles. The summed E-state index contributed by atoms with van der Waals surface area (Å²) in [6.07, 6.45) is 6.28. The molecule has 3 aromatic heterocycles. The molecule has 24 heavy (non-hydrogen) atoms. The standard InChI is InChI=1S/C17H15N3O4/c18-14-12(17(22)23)6-11-13(21)10-5-9(8-3-1-2-4-8)7-19-15(10)24-16(11)20-14/h5-8H,1-4H2,(H2,18,20)(H,22,23). The minimum Gasteiger partial charge on any atom is -0.478 e. The van der Waals surface area contributed by atoms with Gasteiger partial charge in [0.05, 0.1) is 10.8 Å². The number of carbonyl (C=O) groups is 1. The van der Waals surface area contributed by atoms with Crippen LogP contribution in [0.15, 0.2) is 27.5 Å².